The van der Waals surface area contributed by atoms with Gasteiger partial charge in [-0.2, -0.15) is 0 Å². The standard InChI is InChI=1S/C26H19FN4OS/c27-18-11-9-16(10-12-18)15-33-26-30-22-8-4-2-6-20(22)24-29-23(25(32)31(24)26)13-17-14-28-21-7-3-1-5-19(17)21/h1-12,14,23,28H,13,15H2. The SMILES string of the molecule is O=C1C(Cc2c[nH]c3ccccc23)N=C2c3ccccc3N=C(SCc3ccc(F)cc3)N12. The van der Waals surface area contributed by atoms with E-state index in [-0.39, 0.29) is 11.7 Å². The number of benzene rings is 3. The fourth-order valence-corrected chi connectivity index (χ4v) is 5.23. The molecule has 4 aromatic rings. The molecule has 2 aliphatic rings. The molecule has 6 rings (SSSR count). The number of aliphatic imine (C=N–C) groups is 2. The number of aromatic nitrogens is 1. The van der Waals surface area contributed by atoms with Crippen LogP contribution in [0.25, 0.3) is 10.9 Å². The third-order valence-corrected chi connectivity index (χ3v) is 6.93. The molecule has 3 heterocycles. The number of para-hydroxylation sites is 2. The predicted octanol–water partition coefficient (Wildman–Crippen LogP) is 5.44. The number of H-pyrrole nitrogens is 1. The van der Waals surface area contributed by atoms with Gasteiger partial charge in [0, 0.05) is 34.8 Å². The van der Waals surface area contributed by atoms with Gasteiger partial charge in [-0.25, -0.2) is 14.3 Å². The first-order valence-corrected chi connectivity index (χ1v) is 11.7. The minimum absolute atomic E-state index is 0.0739. The lowest BCUT2D eigenvalue weighted by Gasteiger charge is -2.25. The number of fused-ring (bicyclic) bond motifs is 4. The van der Waals surface area contributed by atoms with Gasteiger partial charge in [0.15, 0.2) is 5.17 Å². The number of thioether (sulfide) groups is 1. The summed E-state index contributed by atoms with van der Waals surface area (Å²) in [6, 6.07) is 21.7. The van der Waals surface area contributed by atoms with E-state index < -0.39 is 6.04 Å². The summed E-state index contributed by atoms with van der Waals surface area (Å²) in [6.07, 6.45) is 2.47. The average molecular weight is 455 g/mol. The first-order chi connectivity index (χ1) is 16.2. The number of aromatic amines is 1. The Labute approximate surface area is 194 Å². The first kappa shape index (κ1) is 19.9. The van der Waals surface area contributed by atoms with Gasteiger partial charge >= 0.3 is 0 Å². The van der Waals surface area contributed by atoms with E-state index in [9.17, 15) is 9.18 Å². The second kappa shape index (κ2) is 8.01. The van der Waals surface area contributed by atoms with Crippen molar-refractivity contribution >= 4 is 45.3 Å². The van der Waals surface area contributed by atoms with Crippen molar-refractivity contribution in [1.82, 2.24) is 9.88 Å². The van der Waals surface area contributed by atoms with Crippen LogP contribution >= 0.6 is 11.8 Å². The summed E-state index contributed by atoms with van der Waals surface area (Å²) < 4.78 is 13.3. The molecule has 1 unspecified atom stereocenters. The second-order valence-electron chi connectivity index (χ2n) is 8.03. The Morgan fingerprint density at radius 2 is 1.79 bits per heavy atom. The van der Waals surface area contributed by atoms with Gasteiger partial charge in [-0.1, -0.05) is 54.2 Å². The predicted molar refractivity (Wildman–Crippen MR) is 130 cm³/mol. The van der Waals surface area contributed by atoms with Crippen LogP contribution in [-0.4, -0.2) is 32.8 Å². The summed E-state index contributed by atoms with van der Waals surface area (Å²) >= 11 is 1.46. The van der Waals surface area contributed by atoms with E-state index in [0.29, 0.717) is 23.2 Å². The molecular formula is C26H19FN4OS. The van der Waals surface area contributed by atoms with E-state index in [4.69, 9.17) is 9.98 Å². The zero-order valence-electron chi connectivity index (χ0n) is 17.5. The van der Waals surface area contributed by atoms with E-state index >= 15 is 0 Å². The maximum Gasteiger partial charge on any atom is 0.259 e. The Bertz CT molecular complexity index is 1440. The fraction of sp³-hybridized carbons (Fsp3) is 0.115. The van der Waals surface area contributed by atoms with Gasteiger partial charge < -0.3 is 4.98 Å². The van der Waals surface area contributed by atoms with E-state index in [2.05, 4.69) is 11.1 Å². The Morgan fingerprint density at radius 1 is 1.00 bits per heavy atom. The minimum atomic E-state index is -0.512. The highest BCUT2D eigenvalue weighted by molar-refractivity contribution is 8.13. The van der Waals surface area contributed by atoms with Gasteiger partial charge in [0.2, 0.25) is 0 Å². The maximum absolute atomic E-state index is 13.5. The number of carbonyl (C=O) groups excluding carboxylic acids is 1. The number of amides is 1. The Hall–Kier alpha value is -3.71. The van der Waals surface area contributed by atoms with Crippen LogP contribution in [0.3, 0.4) is 0 Å². The summed E-state index contributed by atoms with van der Waals surface area (Å²) in [5.41, 5.74) is 4.74. The molecule has 0 fully saturated rings. The molecule has 2 aliphatic heterocycles. The Balaban J connectivity index is 1.32. The summed E-state index contributed by atoms with van der Waals surface area (Å²) in [7, 11) is 0. The monoisotopic (exact) mass is 454 g/mol. The van der Waals surface area contributed by atoms with Crippen LogP contribution in [0, 0.1) is 5.82 Å². The molecule has 0 saturated heterocycles. The first-order valence-electron chi connectivity index (χ1n) is 10.7. The molecule has 0 radical (unpaired) electrons. The van der Waals surface area contributed by atoms with Gasteiger partial charge in [-0.05, 0) is 41.5 Å². The lowest BCUT2D eigenvalue weighted by Crippen LogP contribution is -2.41. The molecular weight excluding hydrogens is 435 g/mol. The van der Waals surface area contributed by atoms with Crippen LogP contribution in [0.15, 0.2) is 89.0 Å². The van der Waals surface area contributed by atoms with Gasteiger partial charge in [-0.15, -0.1) is 0 Å². The van der Waals surface area contributed by atoms with E-state index in [1.165, 1.54) is 23.9 Å². The topological polar surface area (TPSA) is 60.8 Å². The molecule has 162 valence electrons. The zero-order chi connectivity index (χ0) is 22.4. The fourth-order valence-electron chi connectivity index (χ4n) is 4.27. The van der Waals surface area contributed by atoms with Crippen LogP contribution in [0.5, 0.6) is 0 Å². The number of halogens is 1. The van der Waals surface area contributed by atoms with Crippen molar-refractivity contribution in [3.8, 4) is 0 Å². The van der Waals surface area contributed by atoms with Crippen LogP contribution in [-0.2, 0) is 17.0 Å². The van der Waals surface area contributed by atoms with Gasteiger partial charge in [0.1, 0.15) is 17.7 Å². The number of hydrogen-bond donors (Lipinski definition) is 1. The molecule has 5 nitrogen and oxygen atoms in total. The molecule has 3 aromatic carbocycles. The molecule has 0 saturated carbocycles. The number of nitrogens with one attached hydrogen (secondary N) is 1. The van der Waals surface area contributed by atoms with Crippen LogP contribution < -0.4 is 0 Å². The smallest absolute Gasteiger partial charge is 0.259 e. The van der Waals surface area contributed by atoms with Crippen molar-refractivity contribution < 1.29 is 9.18 Å². The molecule has 1 aromatic heterocycles. The number of carbonyl (C=O) groups is 1. The third kappa shape index (κ3) is 3.54. The summed E-state index contributed by atoms with van der Waals surface area (Å²) in [5, 5.41) is 1.71. The van der Waals surface area contributed by atoms with Crippen molar-refractivity contribution in [1.29, 1.82) is 0 Å². The second-order valence-corrected chi connectivity index (χ2v) is 8.97. The molecule has 7 heteroatoms. The molecule has 0 bridgehead atoms. The zero-order valence-corrected chi connectivity index (χ0v) is 18.3. The molecule has 1 atom stereocenters. The number of amidine groups is 2. The van der Waals surface area contributed by atoms with E-state index in [1.807, 2.05) is 48.7 Å². The highest BCUT2D eigenvalue weighted by Gasteiger charge is 2.41. The quantitative estimate of drug-likeness (QED) is 0.446. The van der Waals surface area contributed by atoms with Crippen LogP contribution in [0.2, 0.25) is 0 Å². The summed E-state index contributed by atoms with van der Waals surface area (Å²) in [6.45, 7) is 0. The third-order valence-electron chi connectivity index (χ3n) is 5.92. The Kier molecular flexibility index (Phi) is 4.84. The summed E-state index contributed by atoms with van der Waals surface area (Å²) in [4.78, 5) is 28.1. The number of rotatable bonds is 4. The summed E-state index contributed by atoms with van der Waals surface area (Å²) in [5.74, 6) is 0.884. The van der Waals surface area contributed by atoms with E-state index in [0.717, 1.165) is 33.3 Å². The molecule has 0 spiro atoms. The normalized spacial score (nSPS) is 17.1. The van der Waals surface area contributed by atoms with Crippen molar-refractivity contribution in [3.63, 3.8) is 0 Å². The average Bonchev–Trinajstić information content (AvgIpc) is 3.40. The molecule has 0 aliphatic carbocycles. The highest BCUT2D eigenvalue weighted by atomic mass is 32.2. The largest absolute Gasteiger partial charge is 0.361 e. The van der Waals surface area contributed by atoms with Crippen molar-refractivity contribution in [3.05, 3.63) is 102 Å². The maximum atomic E-state index is 13.5. The number of hydrogen-bond acceptors (Lipinski definition) is 4. The van der Waals surface area contributed by atoms with Crippen LogP contribution in [0.4, 0.5) is 10.1 Å². The lowest BCUT2D eigenvalue weighted by molar-refractivity contribution is -0.124. The minimum Gasteiger partial charge on any atom is -0.361 e. The van der Waals surface area contributed by atoms with Crippen molar-refractivity contribution in [2.75, 3.05) is 0 Å². The Morgan fingerprint density at radius 3 is 2.67 bits per heavy atom. The van der Waals surface area contributed by atoms with Crippen LogP contribution in [0.1, 0.15) is 16.7 Å². The molecule has 1 N–H and O–H groups in total. The van der Waals surface area contributed by atoms with Crippen molar-refractivity contribution in [2.24, 2.45) is 9.98 Å². The molecule has 33 heavy (non-hydrogen) atoms. The van der Waals surface area contributed by atoms with Gasteiger partial charge in [0.05, 0.1) is 5.69 Å². The van der Waals surface area contributed by atoms with Crippen molar-refractivity contribution in [2.45, 2.75) is 18.2 Å². The van der Waals surface area contributed by atoms with E-state index in [1.54, 1.807) is 17.0 Å². The molecule has 1 amide bonds. The number of nitrogens with zero attached hydrogens (tertiary/aromatic N) is 3. The van der Waals surface area contributed by atoms with Gasteiger partial charge in [-0.3, -0.25) is 9.79 Å². The lowest BCUT2D eigenvalue weighted by atomic mass is 10.1. The van der Waals surface area contributed by atoms with Gasteiger partial charge in [0.25, 0.3) is 5.91 Å². The highest BCUT2D eigenvalue weighted by Crippen LogP contribution is 2.35.